The van der Waals surface area contributed by atoms with Crippen LogP contribution in [-0.2, 0) is 10.4 Å². The van der Waals surface area contributed by atoms with Crippen LogP contribution in [0, 0.1) is 5.92 Å². The number of methoxy groups -OCH3 is 1. The molecule has 1 heterocycles. The SMILES string of the molecule is COc1cccc([C@@](O)(C(=O)N(C)CCCC2CCN(c3ccc(C(=O)NC(C)C)c(Cl)c3)CC2)C(F)(F)F)c1. The van der Waals surface area contributed by atoms with Crippen molar-refractivity contribution in [2.24, 2.45) is 5.92 Å². The van der Waals surface area contributed by atoms with Gasteiger partial charge in [-0.2, -0.15) is 13.2 Å². The summed E-state index contributed by atoms with van der Waals surface area (Å²) in [5.41, 5.74) is -2.90. The van der Waals surface area contributed by atoms with Crippen molar-refractivity contribution in [3.63, 3.8) is 0 Å². The van der Waals surface area contributed by atoms with Gasteiger partial charge >= 0.3 is 6.18 Å². The van der Waals surface area contributed by atoms with Crippen molar-refractivity contribution in [1.29, 1.82) is 0 Å². The Hall–Kier alpha value is -2.98. The van der Waals surface area contributed by atoms with E-state index in [9.17, 15) is 27.9 Å². The Labute approximate surface area is 238 Å². The van der Waals surface area contributed by atoms with Crippen LogP contribution in [0.25, 0.3) is 0 Å². The molecule has 220 valence electrons. The van der Waals surface area contributed by atoms with Gasteiger partial charge < -0.3 is 25.0 Å². The van der Waals surface area contributed by atoms with Crippen LogP contribution < -0.4 is 15.0 Å². The Kier molecular flexibility index (Phi) is 10.3. The fourth-order valence-corrected chi connectivity index (χ4v) is 5.22. The number of benzene rings is 2. The minimum absolute atomic E-state index is 0.00368. The van der Waals surface area contributed by atoms with Gasteiger partial charge in [0.15, 0.2) is 0 Å². The highest BCUT2D eigenvalue weighted by molar-refractivity contribution is 6.34. The lowest BCUT2D eigenvalue weighted by molar-refractivity contribution is -0.261. The summed E-state index contributed by atoms with van der Waals surface area (Å²) in [5, 5.41) is 13.9. The fraction of sp³-hybridized carbons (Fsp3) is 0.517. The van der Waals surface area contributed by atoms with E-state index in [1.165, 1.54) is 26.3 Å². The molecule has 2 aromatic rings. The van der Waals surface area contributed by atoms with Crippen molar-refractivity contribution in [2.75, 3.05) is 38.7 Å². The fourth-order valence-electron chi connectivity index (χ4n) is 4.96. The first-order chi connectivity index (χ1) is 18.8. The van der Waals surface area contributed by atoms with Crippen LogP contribution >= 0.6 is 11.6 Å². The summed E-state index contributed by atoms with van der Waals surface area (Å²) in [4.78, 5) is 28.3. The number of rotatable bonds is 10. The lowest BCUT2D eigenvalue weighted by atomic mass is 9.90. The molecule has 2 amide bonds. The minimum Gasteiger partial charge on any atom is -0.497 e. The molecule has 0 unspecified atom stereocenters. The van der Waals surface area contributed by atoms with Crippen molar-refractivity contribution >= 4 is 29.1 Å². The third-order valence-electron chi connectivity index (χ3n) is 7.26. The van der Waals surface area contributed by atoms with Crippen LogP contribution in [0.1, 0.15) is 55.5 Å². The molecule has 1 atom stereocenters. The second-order valence-corrected chi connectivity index (χ2v) is 10.9. The van der Waals surface area contributed by atoms with Gasteiger partial charge in [0.2, 0.25) is 0 Å². The van der Waals surface area contributed by atoms with E-state index in [-0.39, 0.29) is 24.2 Å². The number of hydrogen-bond acceptors (Lipinski definition) is 5. The molecule has 1 fully saturated rings. The summed E-state index contributed by atoms with van der Waals surface area (Å²) in [6.07, 6.45) is -2.21. The topological polar surface area (TPSA) is 82.1 Å². The first-order valence-corrected chi connectivity index (χ1v) is 13.7. The summed E-state index contributed by atoms with van der Waals surface area (Å²) < 4.78 is 46.9. The molecule has 3 rings (SSSR count). The second kappa shape index (κ2) is 13.1. The van der Waals surface area contributed by atoms with Gasteiger partial charge in [-0.25, -0.2) is 0 Å². The molecule has 0 aliphatic carbocycles. The van der Waals surface area contributed by atoms with E-state index in [1.807, 2.05) is 19.9 Å². The molecule has 2 aromatic carbocycles. The van der Waals surface area contributed by atoms with Crippen LogP contribution in [0.5, 0.6) is 5.75 Å². The lowest BCUT2D eigenvalue weighted by Gasteiger charge is -2.35. The van der Waals surface area contributed by atoms with Gasteiger partial charge in [0.1, 0.15) is 5.75 Å². The summed E-state index contributed by atoms with van der Waals surface area (Å²) in [6, 6.07) is 10.2. The van der Waals surface area contributed by atoms with Crippen molar-refractivity contribution in [1.82, 2.24) is 10.2 Å². The highest BCUT2D eigenvalue weighted by Crippen LogP contribution is 2.41. The number of hydrogen-bond donors (Lipinski definition) is 2. The number of amides is 2. The lowest BCUT2D eigenvalue weighted by Crippen LogP contribution is -2.55. The molecule has 2 N–H and O–H groups in total. The molecule has 7 nitrogen and oxygen atoms in total. The van der Waals surface area contributed by atoms with Crippen LogP contribution in [-0.4, -0.2) is 67.8 Å². The molecule has 11 heteroatoms. The van der Waals surface area contributed by atoms with Gasteiger partial charge in [0.25, 0.3) is 17.4 Å². The maximum Gasteiger partial charge on any atom is 0.430 e. The number of anilines is 1. The standard InChI is InChI=1S/C29H37ClF3N3O4/c1-19(2)34-26(37)24-11-10-22(18-25(24)30)36-15-12-20(13-16-36)7-6-14-35(3)27(38)28(39,29(31,32)33)21-8-5-9-23(17-21)40-4/h5,8-11,17-20,39H,6-7,12-16H2,1-4H3,(H,34,37)/t28-/m1/s1. The maximum absolute atomic E-state index is 14.0. The van der Waals surface area contributed by atoms with Gasteiger partial charge in [-0.3, -0.25) is 9.59 Å². The van der Waals surface area contributed by atoms with E-state index >= 15 is 0 Å². The van der Waals surface area contributed by atoms with E-state index in [0.29, 0.717) is 22.9 Å². The van der Waals surface area contributed by atoms with E-state index in [2.05, 4.69) is 10.2 Å². The Morgan fingerprint density at radius 1 is 1.18 bits per heavy atom. The van der Waals surface area contributed by atoms with Gasteiger partial charge in [0, 0.05) is 44.0 Å². The molecule has 0 aromatic heterocycles. The maximum atomic E-state index is 14.0. The highest BCUT2D eigenvalue weighted by Gasteiger charge is 2.61. The van der Waals surface area contributed by atoms with Gasteiger partial charge in [0.05, 0.1) is 17.7 Å². The van der Waals surface area contributed by atoms with Crippen LogP contribution in [0.2, 0.25) is 5.02 Å². The van der Waals surface area contributed by atoms with Gasteiger partial charge in [-0.1, -0.05) is 23.7 Å². The number of nitrogens with zero attached hydrogens (tertiary/aromatic N) is 2. The monoisotopic (exact) mass is 583 g/mol. The van der Waals surface area contributed by atoms with Crippen LogP contribution in [0.3, 0.4) is 0 Å². The summed E-state index contributed by atoms with van der Waals surface area (Å²) in [6.45, 7) is 5.39. The third kappa shape index (κ3) is 7.20. The Morgan fingerprint density at radius 2 is 1.85 bits per heavy atom. The average molecular weight is 584 g/mol. The zero-order valence-corrected chi connectivity index (χ0v) is 24.0. The number of likely N-dealkylation sites (N-methyl/N-ethyl adjacent to an activating group) is 1. The molecule has 1 aliphatic rings. The predicted molar refractivity (Wildman–Crippen MR) is 149 cm³/mol. The largest absolute Gasteiger partial charge is 0.497 e. The van der Waals surface area contributed by atoms with Crippen molar-refractivity contribution in [3.05, 3.63) is 58.6 Å². The number of nitrogens with one attached hydrogen (secondary N) is 1. The van der Waals surface area contributed by atoms with Crippen molar-refractivity contribution in [2.45, 2.75) is 57.3 Å². The number of piperidine rings is 1. The molecule has 1 saturated heterocycles. The van der Waals surface area contributed by atoms with Crippen molar-refractivity contribution < 1.29 is 32.6 Å². The molecule has 0 radical (unpaired) electrons. The number of carbonyl (C=O) groups excluding carboxylic acids is 2. The summed E-state index contributed by atoms with van der Waals surface area (Å²) >= 11 is 6.38. The Morgan fingerprint density at radius 3 is 2.42 bits per heavy atom. The van der Waals surface area contributed by atoms with Crippen LogP contribution in [0.4, 0.5) is 18.9 Å². The summed E-state index contributed by atoms with van der Waals surface area (Å²) in [7, 11) is 2.57. The number of halogens is 4. The zero-order valence-electron chi connectivity index (χ0n) is 23.2. The Balaban J connectivity index is 1.54. The molecule has 0 bridgehead atoms. The number of aliphatic hydroxyl groups is 1. The van der Waals surface area contributed by atoms with Gasteiger partial charge in [-0.05, 0) is 75.8 Å². The average Bonchev–Trinajstić information content (AvgIpc) is 2.91. The number of carbonyl (C=O) groups is 2. The highest BCUT2D eigenvalue weighted by atomic mass is 35.5. The van der Waals surface area contributed by atoms with E-state index in [1.54, 1.807) is 12.1 Å². The minimum atomic E-state index is -5.21. The molecule has 0 spiro atoms. The third-order valence-corrected chi connectivity index (χ3v) is 7.57. The first kappa shape index (κ1) is 31.5. The van der Waals surface area contributed by atoms with Crippen molar-refractivity contribution in [3.8, 4) is 5.75 Å². The zero-order chi connectivity index (χ0) is 29.7. The molecule has 1 aliphatic heterocycles. The quantitative estimate of drug-likeness (QED) is 0.392. The first-order valence-electron chi connectivity index (χ1n) is 13.3. The predicted octanol–water partition coefficient (Wildman–Crippen LogP) is 5.39. The van der Waals surface area contributed by atoms with E-state index in [4.69, 9.17) is 16.3 Å². The molecular weight excluding hydrogens is 547 g/mol. The molecule has 0 saturated carbocycles. The van der Waals surface area contributed by atoms with Gasteiger partial charge in [-0.15, -0.1) is 0 Å². The summed E-state index contributed by atoms with van der Waals surface area (Å²) in [5.74, 6) is -1.18. The normalized spacial score (nSPS) is 16.0. The Bertz CT molecular complexity index is 1190. The van der Waals surface area contributed by atoms with E-state index < -0.39 is 23.2 Å². The smallest absolute Gasteiger partial charge is 0.430 e. The molecular formula is C29H37ClF3N3O4. The number of alkyl halides is 3. The second-order valence-electron chi connectivity index (χ2n) is 10.5. The van der Waals surface area contributed by atoms with Crippen LogP contribution in [0.15, 0.2) is 42.5 Å². The van der Waals surface area contributed by atoms with E-state index in [0.717, 1.165) is 55.1 Å². The number of ether oxygens (including phenoxy) is 1. The molecule has 40 heavy (non-hydrogen) atoms.